The number of hydrogen-bond acceptors (Lipinski definition) is 4. The van der Waals surface area contributed by atoms with Gasteiger partial charge in [-0.15, -0.1) is 0 Å². The van der Waals surface area contributed by atoms with Gasteiger partial charge >= 0.3 is 0 Å². The Morgan fingerprint density at radius 3 is 2.56 bits per heavy atom. The normalized spacial score (nSPS) is 11.9. The highest BCUT2D eigenvalue weighted by atomic mass is 19.1. The first-order valence-corrected chi connectivity index (χ1v) is 8.84. The molecule has 0 aliphatic carbocycles. The molecule has 1 amide bonds. The lowest BCUT2D eigenvalue weighted by molar-refractivity contribution is -0.121. The van der Waals surface area contributed by atoms with E-state index in [9.17, 15) is 9.18 Å². The quantitative estimate of drug-likeness (QED) is 0.732. The molecule has 1 unspecified atom stereocenters. The number of rotatable bonds is 9. The molecule has 2 aromatic rings. The van der Waals surface area contributed by atoms with E-state index in [1.807, 2.05) is 43.3 Å². The topological polar surface area (TPSA) is 50.8 Å². The summed E-state index contributed by atoms with van der Waals surface area (Å²) in [7, 11) is 7.00. The Morgan fingerprint density at radius 2 is 1.93 bits per heavy atom. The monoisotopic (exact) mass is 374 g/mol. The Kier molecular flexibility index (Phi) is 7.61. The van der Waals surface area contributed by atoms with Gasteiger partial charge in [-0.05, 0) is 55.9 Å². The van der Waals surface area contributed by atoms with Crippen LogP contribution in [0.3, 0.4) is 0 Å². The zero-order chi connectivity index (χ0) is 19.8. The minimum Gasteiger partial charge on any atom is -0.497 e. The first kappa shape index (κ1) is 20.7. The van der Waals surface area contributed by atoms with Gasteiger partial charge < -0.3 is 19.7 Å². The van der Waals surface area contributed by atoms with Crippen molar-refractivity contribution in [3.63, 3.8) is 0 Å². The number of aryl methyl sites for hydroxylation is 1. The standard InChI is InChI=1S/C21H27FN2O3/c1-24(2)19(16-6-5-7-17(13-16)26-3)14-23-21(25)11-9-15-8-10-20(27-4)18(22)12-15/h5-8,10,12-13,19H,9,11,14H2,1-4H3,(H,23,25). The second-order valence-corrected chi connectivity index (χ2v) is 6.53. The van der Waals surface area contributed by atoms with E-state index in [0.29, 0.717) is 19.4 Å². The van der Waals surface area contributed by atoms with Crippen molar-refractivity contribution in [2.75, 3.05) is 34.9 Å². The van der Waals surface area contributed by atoms with Crippen LogP contribution in [0.25, 0.3) is 0 Å². The fraction of sp³-hybridized carbons (Fsp3) is 0.381. The second-order valence-electron chi connectivity index (χ2n) is 6.53. The van der Waals surface area contributed by atoms with Gasteiger partial charge in [0.25, 0.3) is 0 Å². The van der Waals surface area contributed by atoms with Crippen LogP contribution >= 0.6 is 0 Å². The molecular formula is C21H27FN2O3. The van der Waals surface area contributed by atoms with Gasteiger partial charge in [-0.1, -0.05) is 18.2 Å². The number of likely N-dealkylation sites (N-methyl/N-ethyl adjacent to an activating group) is 1. The molecule has 2 aromatic carbocycles. The van der Waals surface area contributed by atoms with Crippen molar-refractivity contribution >= 4 is 5.91 Å². The maximum atomic E-state index is 13.7. The molecule has 146 valence electrons. The molecule has 0 spiro atoms. The lowest BCUT2D eigenvalue weighted by atomic mass is 10.1. The maximum absolute atomic E-state index is 13.7. The van der Waals surface area contributed by atoms with Crippen LogP contribution in [-0.4, -0.2) is 45.7 Å². The predicted molar refractivity (Wildman–Crippen MR) is 104 cm³/mol. The number of carbonyl (C=O) groups is 1. The van der Waals surface area contributed by atoms with Crippen LogP contribution in [0.4, 0.5) is 4.39 Å². The van der Waals surface area contributed by atoms with Crippen molar-refractivity contribution in [3.8, 4) is 11.5 Å². The maximum Gasteiger partial charge on any atom is 0.220 e. The van der Waals surface area contributed by atoms with E-state index in [1.54, 1.807) is 19.2 Å². The smallest absolute Gasteiger partial charge is 0.220 e. The molecule has 1 N–H and O–H groups in total. The first-order valence-electron chi connectivity index (χ1n) is 8.84. The van der Waals surface area contributed by atoms with Crippen LogP contribution in [0, 0.1) is 5.82 Å². The van der Waals surface area contributed by atoms with Crippen molar-refractivity contribution in [1.82, 2.24) is 10.2 Å². The van der Waals surface area contributed by atoms with E-state index < -0.39 is 5.82 Å². The third kappa shape index (κ3) is 5.96. The van der Waals surface area contributed by atoms with Crippen LogP contribution in [0.15, 0.2) is 42.5 Å². The van der Waals surface area contributed by atoms with Crippen LogP contribution < -0.4 is 14.8 Å². The van der Waals surface area contributed by atoms with Gasteiger partial charge in [0, 0.05) is 13.0 Å². The number of carbonyl (C=O) groups excluding carboxylic acids is 1. The number of methoxy groups -OCH3 is 2. The number of ether oxygens (including phenoxy) is 2. The van der Waals surface area contributed by atoms with Crippen LogP contribution in [-0.2, 0) is 11.2 Å². The van der Waals surface area contributed by atoms with E-state index in [4.69, 9.17) is 9.47 Å². The van der Waals surface area contributed by atoms with Crippen molar-refractivity contribution in [3.05, 3.63) is 59.4 Å². The molecule has 0 saturated heterocycles. The van der Waals surface area contributed by atoms with E-state index in [1.165, 1.54) is 13.2 Å². The summed E-state index contributed by atoms with van der Waals surface area (Å²) in [6, 6.07) is 12.6. The molecule has 0 bridgehead atoms. The van der Waals surface area contributed by atoms with E-state index in [2.05, 4.69) is 5.32 Å². The van der Waals surface area contributed by atoms with E-state index >= 15 is 0 Å². The SMILES string of the molecule is COc1cccc(C(CNC(=O)CCc2ccc(OC)c(F)c2)N(C)C)c1. The Balaban J connectivity index is 1.91. The summed E-state index contributed by atoms with van der Waals surface area (Å²) < 4.78 is 23.9. The average Bonchev–Trinajstić information content (AvgIpc) is 2.66. The summed E-state index contributed by atoms with van der Waals surface area (Å²) in [5.74, 6) is 0.504. The largest absolute Gasteiger partial charge is 0.497 e. The fourth-order valence-electron chi connectivity index (χ4n) is 2.87. The molecule has 0 saturated carbocycles. The molecule has 27 heavy (non-hydrogen) atoms. The fourth-order valence-corrected chi connectivity index (χ4v) is 2.87. The summed E-state index contributed by atoms with van der Waals surface area (Å²) >= 11 is 0. The van der Waals surface area contributed by atoms with Crippen LogP contribution in [0.5, 0.6) is 11.5 Å². The minimum absolute atomic E-state index is 0.0301. The highest BCUT2D eigenvalue weighted by molar-refractivity contribution is 5.76. The molecule has 0 radical (unpaired) electrons. The Morgan fingerprint density at radius 1 is 1.15 bits per heavy atom. The number of halogens is 1. The summed E-state index contributed by atoms with van der Waals surface area (Å²) in [5.41, 5.74) is 1.83. The highest BCUT2D eigenvalue weighted by Gasteiger charge is 2.16. The molecule has 0 aliphatic rings. The van der Waals surface area contributed by atoms with Gasteiger partial charge in [-0.25, -0.2) is 4.39 Å². The average molecular weight is 374 g/mol. The number of hydrogen-bond donors (Lipinski definition) is 1. The van der Waals surface area contributed by atoms with Crippen LogP contribution in [0.2, 0.25) is 0 Å². The zero-order valence-electron chi connectivity index (χ0n) is 16.3. The summed E-state index contributed by atoms with van der Waals surface area (Å²) in [6.45, 7) is 0.482. The van der Waals surface area contributed by atoms with E-state index in [0.717, 1.165) is 16.9 Å². The summed E-state index contributed by atoms with van der Waals surface area (Å²) in [4.78, 5) is 14.3. The highest BCUT2D eigenvalue weighted by Crippen LogP contribution is 2.22. The molecule has 1 atom stereocenters. The zero-order valence-corrected chi connectivity index (χ0v) is 16.3. The molecule has 0 heterocycles. The molecule has 0 aliphatic heterocycles. The number of benzene rings is 2. The third-order valence-corrected chi connectivity index (χ3v) is 4.45. The Labute approximate surface area is 160 Å². The molecule has 0 fully saturated rings. The third-order valence-electron chi connectivity index (χ3n) is 4.45. The van der Waals surface area contributed by atoms with Crippen molar-refractivity contribution in [1.29, 1.82) is 0 Å². The summed E-state index contributed by atoms with van der Waals surface area (Å²) in [5, 5.41) is 2.97. The van der Waals surface area contributed by atoms with Crippen LogP contribution in [0.1, 0.15) is 23.6 Å². The molecule has 0 aromatic heterocycles. The molecule has 2 rings (SSSR count). The van der Waals surface area contributed by atoms with Crippen molar-refractivity contribution in [2.24, 2.45) is 0 Å². The van der Waals surface area contributed by atoms with Gasteiger partial charge in [-0.2, -0.15) is 0 Å². The van der Waals surface area contributed by atoms with Crippen molar-refractivity contribution in [2.45, 2.75) is 18.9 Å². The lowest BCUT2D eigenvalue weighted by Gasteiger charge is -2.25. The van der Waals surface area contributed by atoms with Gasteiger partial charge in [-0.3, -0.25) is 4.79 Å². The van der Waals surface area contributed by atoms with Gasteiger partial charge in [0.15, 0.2) is 11.6 Å². The van der Waals surface area contributed by atoms with Gasteiger partial charge in [0.1, 0.15) is 5.75 Å². The number of nitrogens with one attached hydrogen (secondary N) is 1. The van der Waals surface area contributed by atoms with E-state index in [-0.39, 0.29) is 17.7 Å². The lowest BCUT2D eigenvalue weighted by Crippen LogP contribution is -2.34. The van der Waals surface area contributed by atoms with Gasteiger partial charge in [0.05, 0.1) is 20.3 Å². The minimum atomic E-state index is -0.416. The molecular weight excluding hydrogens is 347 g/mol. The predicted octanol–water partition coefficient (Wildman–Crippen LogP) is 3.19. The number of amides is 1. The molecule has 5 nitrogen and oxygen atoms in total. The Bertz CT molecular complexity index is 765. The van der Waals surface area contributed by atoms with Crippen molar-refractivity contribution < 1.29 is 18.7 Å². The summed E-state index contributed by atoms with van der Waals surface area (Å²) in [6.07, 6.45) is 0.766. The van der Waals surface area contributed by atoms with Gasteiger partial charge in [0.2, 0.25) is 5.91 Å². The first-order chi connectivity index (χ1) is 12.9. The molecule has 6 heteroatoms. The second kappa shape index (κ2) is 9.92. The Hall–Kier alpha value is -2.60. The number of nitrogens with zero attached hydrogens (tertiary/aromatic N) is 1.